The SMILES string of the molecule is C=COC(=O)C1=C2CCC(C2)C1. The highest BCUT2D eigenvalue weighted by Gasteiger charge is 2.33. The van der Waals surface area contributed by atoms with E-state index in [0.717, 1.165) is 30.8 Å². The van der Waals surface area contributed by atoms with Gasteiger partial charge in [-0.2, -0.15) is 0 Å². The average Bonchev–Trinajstić information content (AvgIpc) is 2.64. The lowest BCUT2D eigenvalue weighted by atomic mass is 9.99. The number of hydrogen-bond acceptors (Lipinski definition) is 2. The van der Waals surface area contributed by atoms with Crippen molar-refractivity contribution in [2.45, 2.75) is 25.7 Å². The lowest BCUT2D eigenvalue weighted by Crippen LogP contribution is -2.07. The monoisotopic (exact) mass is 164 g/mol. The molecule has 0 radical (unpaired) electrons. The molecule has 0 aromatic heterocycles. The van der Waals surface area contributed by atoms with Crippen molar-refractivity contribution in [3.05, 3.63) is 24.0 Å². The second-order valence-corrected chi connectivity index (χ2v) is 3.47. The van der Waals surface area contributed by atoms with E-state index in [1.807, 2.05) is 0 Å². The van der Waals surface area contributed by atoms with E-state index in [2.05, 4.69) is 6.58 Å². The van der Waals surface area contributed by atoms with Crippen LogP contribution in [0.15, 0.2) is 24.0 Å². The molecule has 1 atom stereocenters. The highest BCUT2D eigenvalue weighted by Crippen LogP contribution is 2.44. The molecule has 0 amide bonds. The van der Waals surface area contributed by atoms with Crippen molar-refractivity contribution in [1.29, 1.82) is 0 Å². The minimum Gasteiger partial charge on any atom is -0.432 e. The van der Waals surface area contributed by atoms with Crippen LogP contribution in [0.25, 0.3) is 0 Å². The summed E-state index contributed by atoms with van der Waals surface area (Å²) in [7, 11) is 0. The summed E-state index contributed by atoms with van der Waals surface area (Å²) in [5.74, 6) is 0.551. The molecular formula is C10H12O2. The molecule has 2 nitrogen and oxygen atoms in total. The Balaban J connectivity index is 2.14. The van der Waals surface area contributed by atoms with Crippen LogP contribution in [0.4, 0.5) is 0 Å². The molecule has 1 fully saturated rings. The molecule has 2 bridgehead atoms. The van der Waals surface area contributed by atoms with E-state index in [1.165, 1.54) is 18.3 Å². The second-order valence-electron chi connectivity index (χ2n) is 3.47. The van der Waals surface area contributed by atoms with Crippen LogP contribution in [0, 0.1) is 5.92 Å². The van der Waals surface area contributed by atoms with E-state index in [4.69, 9.17) is 4.74 Å². The molecule has 2 aliphatic carbocycles. The Hall–Kier alpha value is -1.05. The third kappa shape index (κ3) is 1.07. The van der Waals surface area contributed by atoms with Crippen molar-refractivity contribution in [1.82, 2.24) is 0 Å². The molecule has 0 saturated heterocycles. The van der Waals surface area contributed by atoms with Gasteiger partial charge in [0.2, 0.25) is 0 Å². The van der Waals surface area contributed by atoms with Crippen molar-refractivity contribution in [2.75, 3.05) is 0 Å². The molecule has 2 heteroatoms. The highest BCUT2D eigenvalue weighted by atomic mass is 16.5. The first-order chi connectivity index (χ1) is 5.81. The fraction of sp³-hybridized carbons (Fsp3) is 0.500. The molecule has 1 unspecified atom stereocenters. The van der Waals surface area contributed by atoms with E-state index in [1.54, 1.807) is 0 Å². The Bertz CT molecular complexity index is 263. The molecule has 0 spiro atoms. The zero-order valence-electron chi connectivity index (χ0n) is 7.01. The Morgan fingerprint density at radius 1 is 1.58 bits per heavy atom. The topological polar surface area (TPSA) is 26.3 Å². The van der Waals surface area contributed by atoms with Crippen LogP contribution in [0.5, 0.6) is 0 Å². The number of ether oxygens (including phenoxy) is 1. The first-order valence-corrected chi connectivity index (χ1v) is 4.34. The Morgan fingerprint density at radius 3 is 2.92 bits per heavy atom. The first-order valence-electron chi connectivity index (χ1n) is 4.34. The highest BCUT2D eigenvalue weighted by molar-refractivity contribution is 5.90. The predicted molar refractivity (Wildman–Crippen MR) is 45.3 cm³/mol. The zero-order valence-corrected chi connectivity index (χ0v) is 7.01. The standard InChI is InChI=1S/C10H12O2/c1-2-12-10(11)9-6-7-3-4-8(9)5-7/h2,7H,1,3-6H2. The van der Waals surface area contributed by atoms with Gasteiger partial charge in [-0.05, 0) is 31.6 Å². The lowest BCUT2D eigenvalue weighted by molar-refractivity contribution is -0.133. The van der Waals surface area contributed by atoms with Gasteiger partial charge in [-0.25, -0.2) is 4.79 Å². The van der Waals surface area contributed by atoms with Gasteiger partial charge < -0.3 is 4.74 Å². The smallest absolute Gasteiger partial charge is 0.338 e. The summed E-state index contributed by atoms with van der Waals surface area (Å²) in [6.07, 6.45) is 5.64. The van der Waals surface area contributed by atoms with Gasteiger partial charge in [0.15, 0.2) is 0 Å². The number of rotatable bonds is 2. The van der Waals surface area contributed by atoms with E-state index in [0.29, 0.717) is 0 Å². The molecule has 0 N–H and O–H groups in total. The van der Waals surface area contributed by atoms with E-state index >= 15 is 0 Å². The molecule has 0 aromatic carbocycles. The van der Waals surface area contributed by atoms with Gasteiger partial charge in [0.05, 0.1) is 6.26 Å². The van der Waals surface area contributed by atoms with Gasteiger partial charge in [-0.15, -0.1) is 0 Å². The van der Waals surface area contributed by atoms with Crippen molar-refractivity contribution in [2.24, 2.45) is 5.92 Å². The maximum atomic E-state index is 11.3. The predicted octanol–water partition coefficient (Wildman–Crippen LogP) is 2.17. The first kappa shape index (κ1) is 7.59. The van der Waals surface area contributed by atoms with Crippen LogP contribution >= 0.6 is 0 Å². The summed E-state index contributed by atoms with van der Waals surface area (Å²) in [5.41, 5.74) is 2.25. The molecule has 12 heavy (non-hydrogen) atoms. The van der Waals surface area contributed by atoms with Crippen molar-refractivity contribution < 1.29 is 9.53 Å². The quantitative estimate of drug-likeness (QED) is 0.462. The maximum absolute atomic E-state index is 11.3. The van der Waals surface area contributed by atoms with Gasteiger partial charge in [0.1, 0.15) is 0 Å². The summed E-state index contributed by atoms with van der Waals surface area (Å²) in [6.45, 7) is 3.37. The fourth-order valence-electron chi connectivity index (χ4n) is 2.19. The summed E-state index contributed by atoms with van der Waals surface area (Å²) in [5, 5.41) is 0. The number of hydrogen-bond donors (Lipinski definition) is 0. The van der Waals surface area contributed by atoms with Crippen molar-refractivity contribution >= 4 is 5.97 Å². The maximum Gasteiger partial charge on any atom is 0.338 e. The normalized spacial score (nSPS) is 26.2. The fourth-order valence-corrected chi connectivity index (χ4v) is 2.19. The van der Waals surface area contributed by atoms with Gasteiger partial charge in [-0.1, -0.05) is 12.2 Å². The number of carbonyl (C=O) groups excluding carboxylic acids is 1. The number of allylic oxidation sites excluding steroid dienone is 1. The van der Waals surface area contributed by atoms with Crippen molar-refractivity contribution in [3.8, 4) is 0 Å². The molecule has 0 heterocycles. The van der Waals surface area contributed by atoms with Crippen molar-refractivity contribution in [3.63, 3.8) is 0 Å². The summed E-state index contributed by atoms with van der Waals surface area (Å²) >= 11 is 0. The number of carbonyl (C=O) groups is 1. The molecule has 64 valence electrons. The average molecular weight is 164 g/mol. The largest absolute Gasteiger partial charge is 0.432 e. The second kappa shape index (κ2) is 2.77. The van der Waals surface area contributed by atoms with Crippen LogP contribution < -0.4 is 0 Å². The number of esters is 1. The van der Waals surface area contributed by atoms with Crippen LogP contribution in [0.1, 0.15) is 25.7 Å². The van der Waals surface area contributed by atoms with E-state index < -0.39 is 0 Å². The third-order valence-corrected chi connectivity index (χ3v) is 2.75. The number of fused-ring (bicyclic) bond motifs is 2. The van der Waals surface area contributed by atoms with Gasteiger partial charge in [0, 0.05) is 5.57 Å². The minimum atomic E-state index is -0.179. The Morgan fingerprint density at radius 2 is 2.42 bits per heavy atom. The van der Waals surface area contributed by atoms with E-state index in [9.17, 15) is 4.79 Å². The molecule has 0 aliphatic heterocycles. The summed E-state index contributed by atoms with van der Waals surface area (Å²) < 4.78 is 4.75. The minimum absolute atomic E-state index is 0.179. The van der Waals surface area contributed by atoms with E-state index in [-0.39, 0.29) is 5.97 Å². The molecule has 1 saturated carbocycles. The Kier molecular flexibility index (Phi) is 1.75. The van der Waals surface area contributed by atoms with Crippen LogP contribution in [0.3, 0.4) is 0 Å². The lowest BCUT2D eigenvalue weighted by Gasteiger charge is -2.08. The van der Waals surface area contributed by atoms with Gasteiger partial charge >= 0.3 is 5.97 Å². The molecule has 0 aromatic rings. The Labute approximate surface area is 71.9 Å². The van der Waals surface area contributed by atoms with Crippen LogP contribution in [-0.2, 0) is 9.53 Å². The summed E-state index contributed by atoms with van der Waals surface area (Å²) in [6, 6.07) is 0. The third-order valence-electron chi connectivity index (χ3n) is 2.75. The zero-order chi connectivity index (χ0) is 8.55. The van der Waals surface area contributed by atoms with Gasteiger partial charge in [-0.3, -0.25) is 0 Å². The summed E-state index contributed by atoms with van der Waals surface area (Å²) in [4.78, 5) is 11.3. The molecule has 2 rings (SSSR count). The van der Waals surface area contributed by atoms with Gasteiger partial charge in [0.25, 0.3) is 0 Å². The van der Waals surface area contributed by atoms with Crippen LogP contribution in [0.2, 0.25) is 0 Å². The molecular weight excluding hydrogens is 152 g/mol. The molecule has 2 aliphatic rings. The van der Waals surface area contributed by atoms with Crippen LogP contribution in [-0.4, -0.2) is 5.97 Å².